The Morgan fingerprint density at radius 1 is 1.00 bits per heavy atom. The highest BCUT2D eigenvalue weighted by molar-refractivity contribution is 7.10. The van der Waals surface area contributed by atoms with Gasteiger partial charge >= 0.3 is 0 Å². The summed E-state index contributed by atoms with van der Waals surface area (Å²) in [5, 5.41) is 8.17. The second-order valence-corrected chi connectivity index (χ2v) is 6.90. The zero-order valence-corrected chi connectivity index (χ0v) is 15.3. The fourth-order valence-corrected chi connectivity index (χ4v) is 3.46. The predicted octanol–water partition coefficient (Wildman–Crippen LogP) is 4.27. The number of anilines is 1. The van der Waals surface area contributed by atoms with Gasteiger partial charge in [-0.05, 0) is 36.1 Å². The summed E-state index contributed by atoms with van der Waals surface area (Å²) in [5.74, 6) is -0.111. The summed E-state index contributed by atoms with van der Waals surface area (Å²) in [7, 11) is 0. The number of benzene rings is 2. The molecule has 0 unspecified atom stereocenters. The molecule has 2 aromatic carbocycles. The third kappa shape index (κ3) is 4.58. The Morgan fingerprint density at radius 3 is 2.50 bits per heavy atom. The van der Waals surface area contributed by atoms with Gasteiger partial charge in [-0.3, -0.25) is 9.59 Å². The van der Waals surface area contributed by atoms with E-state index in [0.29, 0.717) is 5.56 Å². The first-order chi connectivity index (χ1) is 12.6. The summed E-state index contributed by atoms with van der Waals surface area (Å²) in [4.78, 5) is 25.0. The first kappa shape index (κ1) is 17.9. The van der Waals surface area contributed by atoms with E-state index in [1.165, 1.54) is 6.92 Å². The minimum Gasteiger partial charge on any atom is -0.376 e. The summed E-state index contributed by atoms with van der Waals surface area (Å²) in [5.41, 5.74) is 2.42. The number of Topliss-reactive ketones (excluding diaryl/α,β-unsaturated/α-hetero) is 1. The van der Waals surface area contributed by atoms with E-state index in [1.54, 1.807) is 29.5 Å². The summed E-state index contributed by atoms with van der Waals surface area (Å²) in [6, 6.07) is 20.9. The van der Waals surface area contributed by atoms with Crippen molar-refractivity contribution in [3.8, 4) is 0 Å². The van der Waals surface area contributed by atoms with Crippen LogP contribution in [-0.4, -0.2) is 18.2 Å². The number of nitrogens with one attached hydrogen (secondary N) is 2. The summed E-state index contributed by atoms with van der Waals surface area (Å²) < 4.78 is 0. The van der Waals surface area contributed by atoms with Gasteiger partial charge in [0, 0.05) is 16.1 Å². The molecule has 0 aliphatic carbocycles. The molecule has 5 heteroatoms. The lowest BCUT2D eigenvalue weighted by atomic mass is 10.1. The van der Waals surface area contributed by atoms with Crippen molar-refractivity contribution >= 4 is 28.7 Å². The number of amides is 1. The first-order valence-corrected chi connectivity index (χ1v) is 9.24. The largest absolute Gasteiger partial charge is 0.376 e. The van der Waals surface area contributed by atoms with Crippen LogP contribution in [0.2, 0.25) is 0 Å². The van der Waals surface area contributed by atoms with Gasteiger partial charge in [-0.25, -0.2) is 0 Å². The Labute approximate surface area is 156 Å². The molecule has 4 nitrogen and oxygen atoms in total. The summed E-state index contributed by atoms with van der Waals surface area (Å²) in [6.07, 6.45) is 0. The van der Waals surface area contributed by atoms with Crippen LogP contribution in [0.15, 0.2) is 72.1 Å². The quantitative estimate of drug-likeness (QED) is 0.616. The average Bonchev–Trinajstić information content (AvgIpc) is 3.20. The highest BCUT2D eigenvalue weighted by atomic mass is 32.1. The standard InChI is InChI=1S/C21H20N2O2S/c1-15(24)17-9-5-10-18(13-17)22-14-20(25)23-21(19-11-6-12-26-19)16-7-3-2-4-8-16/h2-13,21-22H,14H2,1H3,(H,23,25)/t21-/m0/s1. The fourth-order valence-electron chi connectivity index (χ4n) is 2.66. The Balaban J connectivity index is 1.67. The van der Waals surface area contributed by atoms with Gasteiger partial charge in [0.25, 0.3) is 0 Å². The highest BCUT2D eigenvalue weighted by Crippen LogP contribution is 2.25. The number of thiophene rings is 1. The van der Waals surface area contributed by atoms with Gasteiger partial charge in [-0.2, -0.15) is 0 Å². The van der Waals surface area contributed by atoms with E-state index in [0.717, 1.165) is 16.1 Å². The third-order valence-corrected chi connectivity index (χ3v) is 4.93. The van der Waals surface area contributed by atoms with Crippen molar-refractivity contribution < 1.29 is 9.59 Å². The van der Waals surface area contributed by atoms with Crippen molar-refractivity contribution in [3.63, 3.8) is 0 Å². The van der Waals surface area contributed by atoms with Crippen molar-refractivity contribution in [2.45, 2.75) is 13.0 Å². The zero-order valence-electron chi connectivity index (χ0n) is 14.4. The van der Waals surface area contributed by atoms with E-state index in [1.807, 2.05) is 53.9 Å². The average molecular weight is 364 g/mol. The van der Waals surface area contributed by atoms with Gasteiger partial charge in [0.2, 0.25) is 5.91 Å². The number of hydrogen-bond acceptors (Lipinski definition) is 4. The van der Waals surface area contributed by atoms with Crippen LogP contribution in [0, 0.1) is 0 Å². The Kier molecular flexibility index (Phi) is 5.81. The van der Waals surface area contributed by atoms with Crippen molar-refractivity contribution in [2.75, 3.05) is 11.9 Å². The van der Waals surface area contributed by atoms with Crippen LogP contribution in [-0.2, 0) is 4.79 Å². The van der Waals surface area contributed by atoms with Gasteiger partial charge in [-0.1, -0.05) is 48.5 Å². The number of rotatable bonds is 7. The Bertz CT molecular complexity index is 876. The minimum absolute atomic E-state index is 0.0000569. The van der Waals surface area contributed by atoms with Gasteiger partial charge in [-0.15, -0.1) is 11.3 Å². The number of carbonyl (C=O) groups excluding carboxylic acids is 2. The molecule has 1 heterocycles. The Hall–Kier alpha value is -2.92. The number of ketones is 1. The molecule has 0 saturated carbocycles. The van der Waals surface area contributed by atoms with Crippen LogP contribution in [0.1, 0.15) is 33.8 Å². The molecule has 0 fully saturated rings. The molecule has 0 aliphatic heterocycles. The second-order valence-electron chi connectivity index (χ2n) is 5.92. The van der Waals surface area contributed by atoms with Crippen molar-refractivity contribution in [2.24, 2.45) is 0 Å². The molecule has 3 rings (SSSR count). The monoisotopic (exact) mass is 364 g/mol. The van der Waals surface area contributed by atoms with Gasteiger partial charge in [0.05, 0.1) is 12.6 Å². The number of carbonyl (C=O) groups is 2. The smallest absolute Gasteiger partial charge is 0.240 e. The zero-order chi connectivity index (χ0) is 18.4. The van der Waals surface area contributed by atoms with Gasteiger partial charge in [0.1, 0.15) is 0 Å². The molecule has 0 aliphatic rings. The molecule has 0 saturated heterocycles. The summed E-state index contributed by atoms with van der Waals surface area (Å²) in [6.45, 7) is 1.66. The second kappa shape index (κ2) is 8.45. The molecular formula is C21H20N2O2S. The molecular weight excluding hydrogens is 344 g/mol. The maximum Gasteiger partial charge on any atom is 0.240 e. The van der Waals surface area contributed by atoms with Crippen LogP contribution in [0.5, 0.6) is 0 Å². The maximum absolute atomic E-state index is 12.5. The van der Waals surface area contributed by atoms with E-state index in [2.05, 4.69) is 10.6 Å². The molecule has 132 valence electrons. The van der Waals surface area contributed by atoms with E-state index in [-0.39, 0.29) is 24.3 Å². The Morgan fingerprint density at radius 2 is 1.81 bits per heavy atom. The van der Waals surface area contributed by atoms with Crippen LogP contribution >= 0.6 is 11.3 Å². The van der Waals surface area contributed by atoms with Gasteiger partial charge < -0.3 is 10.6 Å². The molecule has 26 heavy (non-hydrogen) atoms. The molecule has 1 atom stereocenters. The first-order valence-electron chi connectivity index (χ1n) is 8.36. The van der Waals surface area contributed by atoms with E-state index in [9.17, 15) is 9.59 Å². The molecule has 0 bridgehead atoms. The predicted molar refractivity (Wildman–Crippen MR) is 106 cm³/mol. The molecule has 0 spiro atoms. The molecule has 1 aromatic heterocycles. The van der Waals surface area contributed by atoms with Crippen molar-refractivity contribution in [3.05, 3.63) is 88.1 Å². The van der Waals surface area contributed by atoms with E-state index >= 15 is 0 Å². The normalized spacial score (nSPS) is 11.6. The summed E-state index contributed by atoms with van der Waals surface area (Å²) >= 11 is 1.61. The lowest BCUT2D eigenvalue weighted by Crippen LogP contribution is -2.33. The topological polar surface area (TPSA) is 58.2 Å². The highest BCUT2D eigenvalue weighted by Gasteiger charge is 2.17. The molecule has 2 N–H and O–H groups in total. The van der Waals surface area contributed by atoms with Gasteiger partial charge in [0.15, 0.2) is 5.78 Å². The lowest BCUT2D eigenvalue weighted by Gasteiger charge is -2.18. The lowest BCUT2D eigenvalue weighted by molar-refractivity contribution is -0.119. The molecule has 0 radical (unpaired) electrons. The van der Waals surface area contributed by atoms with Crippen LogP contribution < -0.4 is 10.6 Å². The maximum atomic E-state index is 12.5. The third-order valence-electron chi connectivity index (χ3n) is 3.99. The molecule has 1 amide bonds. The van der Waals surface area contributed by atoms with Crippen LogP contribution in [0.25, 0.3) is 0 Å². The van der Waals surface area contributed by atoms with Crippen molar-refractivity contribution in [1.29, 1.82) is 0 Å². The van der Waals surface area contributed by atoms with E-state index < -0.39 is 0 Å². The van der Waals surface area contributed by atoms with Crippen LogP contribution in [0.3, 0.4) is 0 Å². The number of hydrogen-bond donors (Lipinski definition) is 2. The van der Waals surface area contributed by atoms with Crippen LogP contribution in [0.4, 0.5) is 5.69 Å². The van der Waals surface area contributed by atoms with E-state index in [4.69, 9.17) is 0 Å². The molecule has 3 aromatic rings. The van der Waals surface area contributed by atoms with Crippen molar-refractivity contribution in [1.82, 2.24) is 5.32 Å². The SMILES string of the molecule is CC(=O)c1cccc(NCC(=O)N[C@@H](c2ccccc2)c2cccs2)c1. The fraction of sp³-hybridized carbons (Fsp3) is 0.143. The minimum atomic E-state index is -0.172.